The highest BCUT2D eigenvalue weighted by Crippen LogP contribution is 2.25. The average molecular weight is 300 g/mol. The van der Waals surface area contributed by atoms with Crippen LogP contribution in [0.5, 0.6) is 0 Å². The van der Waals surface area contributed by atoms with E-state index >= 15 is 0 Å². The van der Waals surface area contributed by atoms with E-state index in [-0.39, 0.29) is 0 Å². The Balaban J connectivity index is 2.35. The monoisotopic (exact) mass is 300 g/mol. The second kappa shape index (κ2) is 5.48. The SMILES string of the molecule is CCCc1ccccc1-n1c(=S)[nH]c2c(C)nn(CC)c21. The Bertz CT molecular complexity index is 838. The highest BCUT2D eigenvalue weighted by atomic mass is 32.1. The molecule has 3 rings (SSSR count). The summed E-state index contributed by atoms with van der Waals surface area (Å²) in [6.45, 7) is 7.14. The number of nitrogens with one attached hydrogen (secondary N) is 1. The van der Waals surface area contributed by atoms with Crippen molar-refractivity contribution in [2.45, 2.75) is 40.2 Å². The number of aryl methyl sites for hydroxylation is 3. The second-order valence-electron chi connectivity index (χ2n) is 5.24. The highest BCUT2D eigenvalue weighted by Gasteiger charge is 2.16. The number of imidazole rings is 1. The van der Waals surface area contributed by atoms with E-state index in [9.17, 15) is 0 Å². The predicted molar refractivity (Wildman–Crippen MR) is 88.7 cm³/mol. The summed E-state index contributed by atoms with van der Waals surface area (Å²) in [4.78, 5) is 3.31. The third-order valence-electron chi connectivity index (χ3n) is 3.80. The lowest BCUT2D eigenvalue weighted by Crippen LogP contribution is -2.05. The van der Waals surface area contributed by atoms with E-state index in [0.29, 0.717) is 0 Å². The molecule has 3 aromatic rings. The fourth-order valence-corrected chi connectivity index (χ4v) is 3.14. The number of hydrogen-bond donors (Lipinski definition) is 1. The third-order valence-corrected chi connectivity index (χ3v) is 4.08. The lowest BCUT2D eigenvalue weighted by Gasteiger charge is -2.11. The van der Waals surface area contributed by atoms with Crippen molar-refractivity contribution in [1.82, 2.24) is 19.3 Å². The van der Waals surface area contributed by atoms with Crippen LogP contribution in [-0.4, -0.2) is 19.3 Å². The molecule has 0 atom stereocenters. The van der Waals surface area contributed by atoms with Gasteiger partial charge in [0, 0.05) is 6.54 Å². The van der Waals surface area contributed by atoms with Crippen molar-refractivity contribution in [2.75, 3.05) is 0 Å². The van der Waals surface area contributed by atoms with E-state index in [1.807, 2.05) is 11.6 Å². The quantitative estimate of drug-likeness (QED) is 0.735. The van der Waals surface area contributed by atoms with Crippen LogP contribution in [0, 0.1) is 11.7 Å². The molecule has 0 fully saturated rings. The van der Waals surface area contributed by atoms with Crippen molar-refractivity contribution in [3.63, 3.8) is 0 Å². The van der Waals surface area contributed by atoms with E-state index in [1.54, 1.807) is 0 Å². The van der Waals surface area contributed by atoms with Crippen molar-refractivity contribution in [3.05, 3.63) is 40.3 Å². The molecule has 21 heavy (non-hydrogen) atoms. The molecule has 2 aromatic heterocycles. The first-order chi connectivity index (χ1) is 10.2. The summed E-state index contributed by atoms with van der Waals surface area (Å²) in [7, 11) is 0. The number of fused-ring (bicyclic) bond motifs is 1. The molecule has 0 spiro atoms. The zero-order valence-electron chi connectivity index (χ0n) is 12.7. The molecule has 1 aromatic carbocycles. The summed E-state index contributed by atoms with van der Waals surface area (Å²) < 4.78 is 4.87. The maximum absolute atomic E-state index is 5.57. The maximum atomic E-state index is 5.57. The van der Waals surface area contributed by atoms with Crippen molar-refractivity contribution in [2.24, 2.45) is 0 Å². The molecule has 5 heteroatoms. The summed E-state index contributed by atoms with van der Waals surface area (Å²) in [5.41, 5.74) is 5.56. The molecule has 2 heterocycles. The minimum absolute atomic E-state index is 0.733. The van der Waals surface area contributed by atoms with Gasteiger partial charge in [-0.15, -0.1) is 0 Å². The van der Waals surface area contributed by atoms with Crippen LogP contribution in [0.4, 0.5) is 0 Å². The van der Waals surface area contributed by atoms with Crippen molar-refractivity contribution < 1.29 is 0 Å². The Labute approximate surface area is 129 Å². The van der Waals surface area contributed by atoms with Gasteiger partial charge in [0.15, 0.2) is 10.4 Å². The minimum atomic E-state index is 0.733. The van der Waals surface area contributed by atoms with E-state index in [1.165, 1.54) is 5.56 Å². The van der Waals surface area contributed by atoms with E-state index in [2.05, 4.69) is 52.8 Å². The molecule has 0 saturated heterocycles. The number of hydrogen-bond acceptors (Lipinski definition) is 2. The Morgan fingerprint density at radius 3 is 2.71 bits per heavy atom. The first-order valence-electron chi connectivity index (χ1n) is 7.43. The number of benzene rings is 1. The zero-order valence-corrected chi connectivity index (χ0v) is 13.5. The summed E-state index contributed by atoms with van der Waals surface area (Å²) in [6, 6.07) is 8.47. The normalized spacial score (nSPS) is 11.4. The van der Waals surface area contributed by atoms with Gasteiger partial charge >= 0.3 is 0 Å². The van der Waals surface area contributed by atoms with Crippen LogP contribution >= 0.6 is 12.2 Å². The number of rotatable bonds is 4. The van der Waals surface area contributed by atoms with Gasteiger partial charge in [0.05, 0.1) is 11.4 Å². The molecule has 0 unspecified atom stereocenters. The van der Waals surface area contributed by atoms with Crippen molar-refractivity contribution >= 4 is 23.4 Å². The zero-order chi connectivity index (χ0) is 15.0. The first kappa shape index (κ1) is 14.1. The van der Waals surface area contributed by atoms with E-state index < -0.39 is 0 Å². The molecule has 0 bridgehead atoms. The van der Waals surface area contributed by atoms with Crippen LogP contribution < -0.4 is 0 Å². The molecule has 4 nitrogen and oxygen atoms in total. The molecule has 1 N–H and O–H groups in total. The number of H-pyrrole nitrogens is 1. The summed E-state index contributed by atoms with van der Waals surface area (Å²) in [5, 5.41) is 4.59. The smallest absolute Gasteiger partial charge is 0.184 e. The van der Waals surface area contributed by atoms with Crippen molar-refractivity contribution in [3.8, 4) is 5.69 Å². The summed E-state index contributed by atoms with van der Waals surface area (Å²) >= 11 is 5.57. The van der Waals surface area contributed by atoms with Crippen LogP contribution in [-0.2, 0) is 13.0 Å². The van der Waals surface area contributed by atoms with Crippen LogP contribution in [0.25, 0.3) is 16.9 Å². The summed E-state index contributed by atoms with van der Waals surface area (Å²) in [6.07, 6.45) is 2.16. The van der Waals surface area contributed by atoms with Gasteiger partial charge < -0.3 is 4.98 Å². The van der Waals surface area contributed by atoms with Gasteiger partial charge in [0.2, 0.25) is 0 Å². The number of nitrogens with zero attached hydrogens (tertiary/aromatic N) is 3. The average Bonchev–Trinajstić information content (AvgIpc) is 2.97. The van der Waals surface area contributed by atoms with Gasteiger partial charge in [-0.05, 0) is 44.1 Å². The summed E-state index contributed by atoms with van der Waals surface area (Å²) in [5.74, 6) is 0. The van der Waals surface area contributed by atoms with Gasteiger partial charge in [-0.25, -0.2) is 4.68 Å². The van der Waals surface area contributed by atoms with Crippen LogP contribution in [0.15, 0.2) is 24.3 Å². The topological polar surface area (TPSA) is 38.5 Å². The molecule has 0 aliphatic rings. The predicted octanol–water partition coefficient (Wildman–Crippen LogP) is 4.17. The van der Waals surface area contributed by atoms with E-state index in [0.717, 1.165) is 46.7 Å². The van der Waals surface area contributed by atoms with Gasteiger partial charge in [-0.1, -0.05) is 31.5 Å². The molecule has 0 aliphatic heterocycles. The Morgan fingerprint density at radius 2 is 2.00 bits per heavy atom. The van der Waals surface area contributed by atoms with Gasteiger partial charge in [-0.2, -0.15) is 5.10 Å². The molecule has 0 radical (unpaired) electrons. The van der Waals surface area contributed by atoms with Gasteiger partial charge in [0.25, 0.3) is 0 Å². The molecule has 0 amide bonds. The minimum Gasteiger partial charge on any atom is -0.327 e. The maximum Gasteiger partial charge on any atom is 0.184 e. The first-order valence-corrected chi connectivity index (χ1v) is 7.84. The highest BCUT2D eigenvalue weighted by molar-refractivity contribution is 7.71. The van der Waals surface area contributed by atoms with Crippen LogP contribution in [0.3, 0.4) is 0 Å². The second-order valence-corrected chi connectivity index (χ2v) is 5.63. The van der Waals surface area contributed by atoms with Gasteiger partial charge in [-0.3, -0.25) is 4.57 Å². The van der Waals surface area contributed by atoms with E-state index in [4.69, 9.17) is 12.2 Å². The molecular weight excluding hydrogens is 280 g/mol. The fourth-order valence-electron chi connectivity index (χ4n) is 2.86. The van der Waals surface area contributed by atoms with Crippen LogP contribution in [0.2, 0.25) is 0 Å². The number of para-hydroxylation sites is 1. The lowest BCUT2D eigenvalue weighted by atomic mass is 10.1. The Kier molecular flexibility index (Phi) is 3.68. The largest absolute Gasteiger partial charge is 0.327 e. The number of aromatic amines is 1. The Morgan fingerprint density at radius 1 is 1.24 bits per heavy atom. The third kappa shape index (κ3) is 2.21. The van der Waals surface area contributed by atoms with Crippen LogP contribution in [0.1, 0.15) is 31.5 Å². The van der Waals surface area contributed by atoms with Crippen molar-refractivity contribution in [1.29, 1.82) is 0 Å². The molecule has 110 valence electrons. The molecular formula is C16H20N4S. The molecule has 0 saturated carbocycles. The van der Waals surface area contributed by atoms with Gasteiger partial charge in [0.1, 0.15) is 5.52 Å². The Hall–Kier alpha value is -1.88. The number of aromatic nitrogens is 4. The lowest BCUT2D eigenvalue weighted by molar-refractivity contribution is 0.661. The molecule has 0 aliphatic carbocycles. The fraction of sp³-hybridized carbons (Fsp3) is 0.375. The standard InChI is InChI=1S/C16H20N4S/c1-4-8-12-9-6-7-10-13(12)20-15-14(17-16(20)21)11(3)18-19(15)5-2/h6-7,9-10H,4-5,8H2,1-3H3,(H,17,21).